The van der Waals surface area contributed by atoms with Crippen molar-refractivity contribution in [2.45, 2.75) is 64.5 Å². The minimum absolute atomic E-state index is 0.231. The third-order valence-corrected chi connectivity index (χ3v) is 5.48. The molecular weight excluding hydrogens is 248 g/mol. The van der Waals surface area contributed by atoms with E-state index in [-0.39, 0.29) is 5.92 Å². The van der Waals surface area contributed by atoms with Crippen LogP contribution in [0.25, 0.3) is 0 Å². The van der Waals surface area contributed by atoms with Crippen molar-refractivity contribution in [1.82, 2.24) is 4.90 Å². The van der Waals surface area contributed by atoms with Crippen molar-refractivity contribution in [1.29, 1.82) is 5.26 Å². The molecule has 0 aromatic carbocycles. The molecule has 0 radical (unpaired) electrons. The van der Waals surface area contributed by atoms with Gasteiger partial charge in [0.1, 0.15) is 0 Å². The SMILES string of the molecule is CCCC1CCC(C#N)C(N2CCC(C)C(OC)C2)C1. The fraction of sp³-hybridized carbons (Fsp3) is 0.941. The van der Waals surface area contributed by atoms with Gasteiger partial charge in [0.05, 0.1) is 18.1 Å². The zero-order chi connectivity index (χ0) is 14.5. The van der Waals surface area contributed by atoms with Crippen molar-refractivity contribution >= 4 is 0 Å². The Labute approximate surface area is 124 Å². The Kier molecular flexibility index (Phi) is 5.86. The lowest BCUT2D eigenvalue weighted by atomic mass is 9.75. The smallest absolute Gasteiger partial charge is 0.0724 e. The second-order valence-corrected chi connectivity index (χ2v) is 6.81. The van der Waals surface area contributed by atoms with E-state index in [4.69, 9.17) is 4.74 Å². The van der Waals surface area contributed by atoms with E-state index < -0.39 is 0 Å². The van der Waals surface area contributed by atoms with Gasteiger partial charge in [-0.2, -0.15) is 5.26 Å². The van der Waals surface area contributed by atoms with E-state index in [0.29, 0.717) is 18.1 Å². The first-order valence-corrected chi connectivity index (χ1v) is 8.36. The van der Waals surface area contributed by atoms with Gasteiger partial charge in [0, 0.05) is 19.7 Å². The van der Waals surface area contributed by atoms with Crippen LogP contribution in [-0.2, 0) is 4.74 Å². The average molecular weight is 278 g/mol. The quantitative estimate of drug-likeness (QED) is 0.790. The third kappa shape index (κ3) is 3.54. The maximum absolute atomic E-state index is 9.48. The van der Waals surface area contributed by atoms with Crippen LogP contribution < -0.4 is 0 Å². The van der Waals surface area contributed by atoms with Crippen LogP contribution >= 0.6 is 0 Å². The molecule has 0 aromatic rings. The number of hydrogen-bond donors (Lipinski definition) is 0. The fourth-order valence-electron chi connectivity index (χ4n) is 4.12. The first-order chi connectivity index (χ1) is 9.69. The lowest BCUT2D eigenvalue weighted by molar-refractivity contribution is -0.0344. The molecule has 20 heavy (non-hydrogen) atoms. The topological polar surface area (TPSA) is 36.3 Å². The van der Waals surface area contributed by atoms with Crippen LogP contribution in [0.2, 0.25) is 0 Å². The Balaban J connectivity index is 2.01. The molecule has 1 aliphatic carbocycles. The Morgan fingerprint density at radius 2 is 2.10 bits per heavy atom. The molecule has 2 aliphatic rings. The van der Waals surface area contributed by atoms with Crippen LogP contribution in [0.4, 0.5) is 0 Å². The van der Waals surface area contributed by atoms with Gasteiger partial charge in [0.15, 0.2) is 0 Å². The van der Waals surface area contributed by atoms with Crippen LogP contribution in [0.15, 0.2) is 0 Å². The molecule has 1 saturated carbocycles. The summed E-state index contributed by atoms with van der Waals surface area (Å²) in [6.45, 7) is 6.71. The van der Waals surface area contributed by atoms with Crippen LogP contribution in [0.1, 0.15) is 52.4 Å². The lowest BCUT2D eigenvalue weighted by Crippen LogP contribution is -2.52. The van der Waals surface area contributed by atoms with E-state index in [2.05, 4.69) is 24.8 Å². The predicted molar refractivity (Wildman–Crippen MR) is 81.3 cm³/mol. The molecule has 0 aromatic heterocycles. The van der Waals surface area contributed by atoms with Gasteiger partial charge in [0.2, 0.25) is 0 Å². The minimum atomic E-state index is 0.231. The highest BCUT2D eigenvalue weighted by molar-refractivity contribution is 4.99. The molecule has 3 nitrogen and oxygen atoms in total. The zero-order valence-corrected chi connectivity index (χ0v) is 13.3. The molecule has 2 fully saturated rings. The van der Waals surface area contributed by atoms with E-state index >= 15 is 0 Å². The molecule has 0 bridgehead atoms. The normalized spacial score (nSPS) is 39.4. The highest BCUT2D eigenvalue weighted by Gasteiger charge is 2.37. The van der Waals surface area contributed by atoms with Crippen LogP contribution in [0.3, 0.4) is 0 Å². The number of nitrogens with zero attached hydrogens (tertiary/aromatic N) is 2. The standard InChI is InChI=1S/C17H30N2O/c1-4-5-14-6-7-15(11-18)16(10-14)19-9-8-13(2)17(12-19)20-3/h13-17H,4-10,12H2,1-3H3. The fourth-order valence-corrected chi connectivity index (χ4v) is 4.12. The van der Waals surface area contributed by atoms with Gasteiger partial charge in [-0.25, -0.2) is 0 Å². The van der Waals surface area contributed by atoms with Crippen LogP contribution in [0.5, 0.6) is 0 Å². The summed E-state index contributed by atoms with van der Waals surface area (Å²) in [7, 11) is 1.83. The Hall–Kier alpha value is -0.590. The molecule has 0 spiro atoms. The molecule has 1 heterocycles. The molecule has 114 valence electrons. The molecule has 1 aliphatic heterocycles. The van der Waals surface area contributed by atoms with Gasteiger partial charge in [0.25, 0.3) is 0 Å². The molecule has 1 saturated heterocycles. The number of rotatable bonds is 4. The molecule has 5 atom stereocenters. The Morgan fingerprint density at radius 3 is 2.75 bits per heavy atom. The first kappa shape index (κ1) is 15.8. The van der Waals surface area contributed by atoms with E-state index in [1.165, 1.54) is 32.1 Å². The summed E-state index contributed by atoms with van der Waals surface area (Å²) in [6.07, 6.45) is 7.70. The van der Waals surface area contributed by atoms with Crippen molar-refractivity contribution in [3.05, 3.63) is 0 Å². The largest absolute Gasteiger partial charge is 0.380 e. The number of likely N-dealkylation sites (tertiary alicyclic amines) is 1. The number of methoxy groups -OCH3 is 1. The molecule has 5 unspecified atom stereocenters. The highest BCUT2D eigenvalue weighted by Crippen LogP contribution is 2.36. The van der Waals surface area contributed by atoms with E-state index in [1.54, 1.807) is 0 Å². The summed E-state index contributed by atoms with van der Waals surface area (Å²) in [6, 6.07) is 3.04. The van der Waals surface area contributed by atoms with E-state index in [1.807, 2.05) is 7.11 Å². The average Bonchev–Trinajstić information content (AvgIpc) is 2.48. The highest BCUT2D eigenvalue weighted by atomic mass is 16.5. The number of piperidine rings is 1. The van der Waals surface area contributed by atoms with Crippen LogP contribution in [0, 0.1) is 29.1 Å². The summed E-state index contributed by atoms with van der Waals surface area (Å²) >= 11 is 0. The lowest BCUT2D eigenvalue weighted by Gasteiger charge is -2.45. The van der Waals surface area contributed by atoms with Crippen molar-refractivity contribution in [2.75, 3.05) is 20.2 Å². The van der Waals surface area contributed by atoms with E-state index in [0.717, 1.165) is 25.4 Å². The summed E-state index contributed by atoms with van der Waals surface area (Å²) in [4.78, 5) is 2.56. The molecule has 0 N–H and O–H groups in total. The van der Waals surface area contributed by atoms with E-state index in [9.17, 15) is 5.26 Å². The second kappa shape index (κ2) is 7.43. The van der Waals surface area contributed by atoms with Crippen molar-refractivity contribution in [3.63, 3.8) is 0 Å². The third-order valence-electron chi connectivity index (χ3n) is 5.48. The maximum Gasteiger partial charge on any atom is 0.0724 e. The van der Waals surface area contributed by atoms with Gasteiger partial charge in [-0.3, -0.25) is 4.90 Å². The summed E-state index contributed by atoms with van der Waals surface area (Å²) in [5, 5.41) is 9.48. The second-order valence-electron chi connectivity index (χ2n) is 6.81. The van der Waals surface area contributed by atoms with Gasteiger partial charge >= 0.3 is 0 Å². The van der Waals surface area contributed by atoms with Gasteiger partial charge in [-0.1, -0.05) is 26.7 Å². The minimum Gasteiger partial charge on any atom is -0.380 e. The van der Waals surface area contributed by atoms with Crippen molar-refractivity contribution in [3.8, 4) is 6.07 Å². The number of nitriles is 1. The molecule has 3 heteroatoms. The summed E-state index contributed by atoms with van der Waals surface area (Å²) in [5.74, 6) is 1.70. The number of ether oxygens (including phenoxy) is 1. The number of hydrogen-bond acceptors (Lipinski definition) is 3. The predicted octanol–water partition coefficient (Wildman–Crippen LogP) is 3.45. The first-order valence-electron chi connectivity index (χ1n) is 8.36. The molecular formula is C17H30N2O. The summed E-state index contributed by atoms with van der Waals surface area (Å²) in [5.41, 5.74) is 0. The van der Waals surface area contributed by atoms with Gasteiger partial charge in [-0.05, 0) is 44.1 Å². The van der Waals surface area contributed by atoms with Gasteiger partial charge < -0.3 is 4.74 Å². The summed E-state index contributed by atoms with van der Waals surface area (Å²) < 4.78 is 5.64. The monoisotopic (exact) mass is 278 g/mol. The Bertz CT molecular complexity index is 338. The van der Waals surface area contributed by atoms with Crippen LogP contribution in [-0.4, -0.2) is 37.2 Å². The maximum atomic E-state index is 9.48. The van der Waals surface area contributed by atoms with Crippen molar-refractivity contribution < 1.29 is 4.74 Å². The van der Waals surface area contributed by atoms with Gasteiger partial charge in [-0.15, -0.1) is 0 Å². The Morgan fingerprint density at radius 1 is 1.30 bits per heavy atom. The van der Waals surface area contributed by atoms with Crippen molar-refractivity contribution in [2.24, 2.45) is 17.8 Å². The molecule has 0 amide bonds. The molecule has 2 rings (SSSR count). The zero-order valence-electron chi connectivity index (χ0n) is 13.3.